The van der Waals surface area contributed by atoms with Crippen molar-refractivity contribution in [3.8, 4) is 5.75 Å². The van der Waals surface area contributed by atoms with E-state index in [1.165, 1.54) is 31.4 Å². The Morgan fingerprint density at radius 2 is 2.20 bits per heavy atom. The zero-order valence-corrected chi connectivity index (χ0v) is 12.3. The number of hydrogen-bond acceptors (Lipinski definition) is 4. The van der Waals surface area contributed by atoms with Crippen molar-refractivity contribution in [1.29, 1.82) is 0 Å². The number of carboxylic acids is 1. The number of methoxy groups -OCH3 is 1. The van der Waals surface area contributed by atoms with Crippen LogP contribution in [0.25, 0.3) is 0 Å². The van der Waals surface area contributed by atoms with Gasteiger partial charge in [0.25, 0.3) is 0 Å². The van der Waals surface area contributed by atoms with E-state index in [1.54, 1.807) is 0 Å². The normalized spacial score (nSPS) is 11.3. The Labute approximate surface area is 122 Å². The first-order chi connectivity index (χ1) is 9.32. The van der Waals surface area contributed by atoms with E-state index in [0.29, 0.717) is 0 Å². The van der Waals surface area contributed by atoms with Crippen molar-refractivity contribution in [1.82, 2.24) is 4.31 Å². The molecule has 0 bridgehead atoms. The fraction of sp³-hybridized carbons (Fsp3) is 0.250. The summed E-state index contributed by atoms with van der Waals surface area (Å²) in [6.45, 7) is 2.65. The van der Waals surface area contributed by atoms with Gasteiger partial charge >= 0.3 is 5.97 Å². The lowest BCUT2D eigenvalue weighted by Crippen LogP contribution is -2.35. The summed E-state index contributed by atoms with van der Waals surface area (Å²) in [7, 11) is -2.61. The average molecular weight is 320 g/mol. The van der Waals surface area contributed by atoms with Crippen LogP contribution in [0.1, 0.15) is 0 Å². The summed E-state index contributed by atoms with van der Waals surface area (Å²) in [5, 5.41) is 9.04. The molecule has 0 unspecified atom stereocenters. The second-order valence-electron chi connectivity index (χ2n) is 3.78. The highest BCUT2D eigenvalue weighted by atomic mass is 35.5. The Hall–Kier alpha value is -1.57. The predicted octanol–water partition coefficient (Wildman–Crippen LogP) is 1.61. The van der Waals surface area contributed by atoms with E-state index in [4.69, 9.17) is 21.4 Å². The fourth-order valence-electron chi connectivity index (χ4n) is 1.49. The molecule has 0 saturated carbocycles. The summed E-state index contributed by atoms with van der Waals surface area (Å²) in [5.41, 5.74) is 0. The number of aliphatic carboxylic acids is 1. The van der Waals surface area contributed by atoms with Crippen LogP contribution in [0, 0.1) is 0 Å². The Morgan fingerprint density at radius 3 is 2.70 bits per heavy atom. The maximum Gasteiger partial charge on any atom is 0.318 e. The molecule has 0 spiro atoms. The molecule has 1 N–H and O–H groups in total. The van der Waals surface area contributed by atoms with Gasteiger partial charge in [-0.15, -0.1) is 6.58 Å². The van der Waals surface area contributed by atoms with Gasteiger partial charge in [0.05, 0.1) is 17.0 Å². The molecule has 0 saturated heterocycles. The highest BCUT2D eigenvalue weighted by Gasteiger charge is 2.26. The molecule has 6 nitrogen and oxygen atoms in total. The van der Waals surface area contributed by atoms with Crippen LogP contribution in [-0.2, 0) is 14.8 Å². The highest BCUT2D eigenvalue weighted by Crippen LogP contribution is 2.28. The summed E-state index contributed by atoms with van der Waals surface area (Å²) in [6, 6.07) is 3.91. The van der Waals surface area contributed by atoms with Crippen LogP contribution in [0.3, 0.4) is 0 Å². The zero-order chi connectivity index (χ0) is 15.3. The molecule has 1 rings (SSSR count). The third kappa shape index (κ3) is 3.72. The van der Waals surface area contributed by atoms with Crippen molar-refractivity contribution in [3.05, 3.63) is 35.9 Å². The summed E-state index contributed by atoms with van der Waals surface area (Å²) in [4.78, 5) is 10.7. The standard InChI is InChI=1S/C12H14ClNO5S/c1-3-6-14(8-12(15)16)20(17,18)9-4-5-10(13)11(7-9)19-2/h3-5,7H,1,6,8H2,2H3,(H,15,16). The smallest absolute Gasteiger partial charge is 0.318 e. The Morgan fingerprint density at radius 1 is 1.55 bits per heavy atom. The summed E-state index contributed by atoms with van der Waals surface area (Å²) < 4.78 is 30.5. The molecule has 0 atom stereocenters. The summed E-state index contributed by atoms with van der Waals surface area (Å²) >= 11 is 5.83. The van der Waals surface area contributed by atoms with Gasteiger partial charge < -0.3 is 9.84 Å². The van der Waals surface area contributed by atoms with Crippen LogP contribution in [0.5, 0.6) is 5.75 Å². The predicted molar refractivity (Wildman–Crippen MR) is 74.6 cm³/mol. The first-order valence-corrected chi connectivity index (χ1v) is 7.31. The van der Waals surface area contributed by atoms with E-state index >= 15 is 0 Å². The van der Waals surface area contributed by atoms with Gasteiger partial charge in [0.2, 0.25) is 10.0 Å². The number of rotatable bonds is 7. The van der Waals surface area contributed by atoms with Gasteiger partial charge in [-0.25, -0.2) is 8.42 Å². The van der Waals surface area contributed by atoms with Crippen molar-refractivity contribution in [2.75, 3.05) is 20.2 Å². The monoisotopic (exact) mass is 319 g/mol. The van der Waals surface area contributed by atoms with Crippen molar-refractivity contribution in [2.24, 2.45) is 0 Å². The molecule has 0 radical (unpaired) electrons. The largest absolute Gasteiger partial charge is 0.495 e. The van der Waals surface area contributed by atoms with Gasteiger partial charge in [-0.2, -0.15) is 4.31 Å². The molecule has 1 aromatic rings. The first-order valence-electron chi connectivity index (χ1n) is 5.49. The van der Waals surface area contributed by atoms with Crippen LogP contribution >= 0.6 is 11.6 Å². The van der Waals surface area contributed by atoms with Gasteiger partial charge in [0.1, 0.15) is 12.3 Å². The van der Waals surface area contributed by atoms with E-state index in [1.807, 2.05) is 0 Å². The number of sulfonamides is 1. The van der Waals surface area contributed by atoms with Gasteiger partial charge in [-0.05, 0) is 12.1 Å². The molecule has 0 amide bonds. The van der Waals surface area contributed by atoms with Crippen LogP contribution in [0.4, 0.5) is 0 Å². The van der Waals surface area contributed by atoms with E-state index in [2.05, 4.69) is 6.58 Å². The quantitative estimate of drug-likeness (QED) is 0.772. The van der Waals surface area contributed by atoms with E-state index in [0.717, 1.165) is 4.31 Å². The summed E-state index contributed by atoms with van der Waals surface area (Å²) in [5.74, 6) is -1.06. The molecular weight excluding hydrogens is 306 g/mol. The molecule has 20 heavy (non-hydrogen) atoms. The molecule has 0 aliphatic carbocycles. The van der Waals surface area contributed by atoms with Gasteiger partial charge in [-0.1, -0.05) is 17.7 Å². The average Bonchev–Trinajstić information content (AvgIpc) is 2.38. The second-order valence-corrected chi connectivity index (χ2v) is 6.12. The second kappa shape index (κ2) is 6.74. The molecule has 1 aromatic carbocycles. The minimum absolute atomic E-state index is 0.0955. The number of halogens is 1. The Balaban J connectivity index is 3.25. The number of carboxylic acid groups (broad SMARTS) is 1. The van der Waals surface area contributed by atoms with Crippen LogP contribution < -0.4 is 4.74 Å². The van der Waals surface area contributed by atoms with Gasteiger partial charge in [-0.3, -0.25) is 4.79 Å². The zero-order valence-electron chi connectivity index (χ0n) is 10.7. The van der Waals surface area contributed by atoms with E-state index in [-0.39, 0.29) is 22.2 Å². The minimum Gasteiger partial charge on any atom is -0.495 e. The third-order valence-corrected chi connectivity index (χ3v) is 4.52. The number of nitrogens with zero attached hydrogens (tertiary/aromatic N) is 1. The maximum absolute atomic E-state index is 12.4. The van der Waals surface area contributed by atoms with Crippen molar-refractivity contribution >= 4 is 27.6 Å². The highest BCUT2D eigenvalue weighted by molar-refractivity contribution is 7.89. The SMILES string of the molecule is C=CCN(CC(=O)O)S(=O)(=O)c1ccc(Cl)c(OC)c1. The summed E-state index contributed by atoms with van der Waals surface area (Å²) in [6.07, 6.45) is 1.31. The molecule has 0 aromatic heterocycles. The van der Waals surface area contributed by atoms with Crippen LogP contribution in [-0.4, -0.2) is 44.0 Å². The van der Waals surface area contributed by atoms with Crippen molar-refractivity contribution in [2.45, 2.75) is 4.90 Å². The van der Waals surface area contributed by atoms with Crippen molar-refractivity contribution in [3.63, 3.8) is 0 Å². The first kappa shape index (κ1) is 16.5. The molecule has 0 fully saturated rings. The third-order valence-electron chi connectivity index (χ3n) is 2.40. The van der Waals surface area contributed by atoms with Crippen molar-refractivity contribution < 1.29 is 23.1 Å². The molecule has 110 valence electrons. The molecular formula is C12H14ClNO5S. The molecule has 0 aliphatic heterocycles. The molecule has 8 heteroatoms. The van der Waals surface area contributed by atoms with Gasteiger partial charge in [0.15, 0.2) is 0 Å². The number of benzene rings is 1. The lowest BCUT2D eigenvalue weighted by atomic mass is 10.3. The lowest BCUT2D eigenvalue weighted by molar-refractivity contribution is -0.137. The fourth-order valence-corrected chi connectivity index (χ4v) is 3.06. The van der Waals surface area contributed by atoms with Crippen LogP contribution in [0.2, 0.25) is 5.02 Å². The van der Waals surface area contributed by atoms with E-state index in [9.17, 15) is 13.2 Å². The lowest BCUT2D eigenvalue weighted by Gasteiger charge is -2.19. The Kier molecular flexibility index (Phi) is 5.55. The van der Waals surface area contributed by atoms with Crippen LogP contribution in [0.15, 0.2) is 35.7 Å². The number of carbonyl (C=O) groups is 1. The molecule has 0 heterocycles. The Bertz CT molecular complexity index is 614. The van der Waals surface area contributed by atoms with E-state index < -0.39 is 22.5 Å². The minimum atomic E-state index is -3.97. The number of ether oxygens (including phenoxy) is 1. The maximum atomic E-state index is 12.4. The number of hydrogen-bond donors (Lipinski definition) is 1. The molecule has 0 aliphatic rings. The topological polar surface area (TPSA) is 83.9 Å². The van der Waals surface area contributed by atoms with Gasteiger partial charge in [0, 0.05) is 12.6 Å².